The minimum atomic E-state index is 0. The smallest absolute Gasteiger partial charge is 0.229 e. The van der Waals surface area contributed by atoms with Crippen molar-refractivity contribution in [3.8, 4) is 0 Å². The van der Waals surface area contributed by atoms with Crippen molar-refractivity contribution in [2.45, 2.75) is 31.1 Å². The number of aromatic nitrogens is 2. The Morgan fingerprint density at radius 2 is 1.94 bits per heavy atom. The van der Waals surface area contributed by atoms with E-state index in [0.717, 1.165) is 57.3 Å². The summed E-state index contributed by atoms with van der Waals surface area (Å²) >= 11 is 0. The van der Waals surface area contributed by atoms with Crippen molar-refractivity contribution in [1.82, 2.24) is 15.5 Å². The maximum Gasteiger partial charge on any atom is 0.229 e. The highest BCUT2D eigenvalue weighted by atomic mass is 35.5. The van der Waals surface area contributed by atoms with Crippen LogP contribution in [0.25, 0.3) is 0 Å². The number of nitrogens with zero attached hydrogens (tertiary/aromatic N) is 2. The molecule has 0 aliphatic carbocycles. The first-order valence-corrected chi connectivity index (χ1v) is 6.05. The van der Waals surface area contributed by atoms with Crippen LogP contribution in [0.2, 0.25) is 0 Å². The van der Waals surface area contributed by atoms with Crippen LogP contribution in [0, 0.1) is 0 Å². The summed E-state index contributed by atoms with van der Waals surface area (Å²) in [5, 5.41) is 7.42. The molecule has 1 aromatic heterocycles. The second-order valence-electron chi connectivity index (χ2n) is 4.58. The van der Waals surface area contributed by atoms with Crippen molar-refractivity contribution >= 4 is 12.4 Å². The number of rotatable bonds is 2. The lowest BCUT2D eigenvalue weighted by molar-refractivity contribution is 0.192. The lowest BCUT2D eigenvalue weighted by Gasteiger charge is -2.18. The molecule has 0 aromatic carbocycles. The van der Waals surface area contributed by atoms with E-state index in [4.69, 9.17) is 9.26 Å². The van der Waals surface area contributed by atoms with Crippen molar-refractivity contribution in [3.63, 3.8) is 0 Å². The van der Waals surface area contributed by atoms with Crippen molar-refractivity contribution in [2.75, 3.05) is 26.3 Å². The van der Waals surface area contributed by atoms with Crippen molar-refractivity contribution in [2.24, 2.45) is 0 Å². The Balaban J connectivity index is 0.00000108. The number of halogens is 1. The number of hydrogen-bond donors (Lipinski definition) is 1. The first-order chi connectivity index (χ1) is 7.93. The van der Waals surface area contributed by atoms with Crippen LogP contribution in [0.15, 0.2) is 4.52 Å². The van der Waals surface area contributed by atoms with Gasteiger partial charge in [-0.1, -0.05) is 5.16 Å². The summed E-state index contributed by atoms with van der Waals surface area (Å²) in [6.45, 7) is 3.66. The Hall–Kier alpha value is -0.650. The molecule has 6 heteroatoms. The highest BCUT2D eigenvalue weighted by molar-refractivity contribution is 5.85. The molecule has 96 valence electrons. The number of piperidine rings is 1. The van der Waals surface area contributed by atoms with Gasteiger partial charge in [-0.3, -0.25) is 0 Å². The maximum atomic E-state index is 5.37. The highest BCUT2D eigenvalue weighted by Crippen LogP contribution is 2.27. The molecule has 1 unspecified atom stereocenters. The summed E-state index contributed by atoms with van der Waals surface area (Å²) in [7, 11) is 0. The van der Waals surface area contributed by atoms with Gasteiger partial charge < -0.3 is 14.6 Å². The molecule has 5 nitrogen and oxygen atoms in total. The van der Waals surface area contributed by atoms with Crippen LogP contribution in [-0.2, 0) is 4.74 Å². The van der Waals surface area contributed by atoms with Gasteiger partial charge in [-0.2, -0.15) is 4.98 Å². The van der Waals surface area contributed by atoms with Crippen molar-refractivity contribution < 1.29 is 9.26 Å². The van der Waals surface area contributed by atoms with Crippen LogP contribution in [0.3, 0.4) is 0 Å². The zero-order chi connectivity index (χ0) is 10.8. The number of ether oxygens (including phenoxy) is 1. The first-order valence-electron chi connectivity index (χ1n) is 6.05. The summed E-state index contributed by atoms with van der Waals surface area (Å²) in [5.74, 6) is 2.46. The van der Waals surface area contributed by atoms with Gasteiger partial charge in [-0.05, 0) is 32.4 Å². The topological polar surface area (TPSA) is 60.2 Å². The molecule has 0 saturated carbocycles. The zero-order valence-corrected chi connectivity index (χ0v) is 10.5. The van der Waals surface area contributed by atoms with Gasteiger partial charge in [-0.15, -0.1) is 12.4 Å². The predicted octanol–water partition coefficient (Wildman–Crippen LogP) is 1.46. The Bertz CT molecular complexity index is 346. The molecule has 3 rings (SSSR count). The molecule has 2 aliphatic rings. The molecule has 0 bridgehead atoms. The monoisotopic (exact) mass is 259 g/mol. The van der Waals surface area contributed by atoms with Gasteiger partial charge in [0, 0.05) is 18.4 Å². The van der Waals surface area contributed by atoms with Crippen LogP contribution in [0.1, 0.15) is 42.8 Å². The lowest BCUT2D eigenvalue weighted by Crippen LogP contribution is -2.26. The summed E-state index contributed by atoms with van der Waals surface area (Å²) in [5.41, 5.74) is 0. The van der Waals surface area contributed by atoms with Crippen LogP contribution < -0.4 is 5.32 Å². The average molecular weight is 260 g/mol. The van der Waals surface area contributed by atoms with E-state index in [2.05, 4.69) is 15.5 Å². The van der Waals surface area contributed by atoms with E-state index in [0.29, 0.717) is 11.8 Å². The van der Waals surface area contributed by atoms with Crippen LogP contribution in [-0.4, -0.2) is 36.4 Å². The first kappa shape index (κ1) is 12.8. The molecule has 0 radical (unpaired) electrons. The molecule has 2 saturated heterocycles. The Kier molecular flexibility index (Phi) is 4.36. The van der Waals surface area contributed by atoms with Gasteiger partial charge in [0.05, 0.1) is 6.61 Å². The van der Waals surface area contributed by atoms with Crippen molar-refractivity contribution in [1.29, 1.82) is 0 Å². The van der Waals surface area contributed by atoms with E-state index in [1.807, 2.05) is 0 Å². The molecule has 0 amide bonds. The van der Waals surface area contributed by atoms with Crippen LogP contribution >= 0.6 is 12.4 Å². The van der Waals surface area contributed by atoms with E-state index in [9.17, 15) is 0 Å². The van der Waals surface area contributed by atoms with Gasteiger partial charge in [0.1, 0.15) is 0 Å². The molecule has 1 aromatic rings. The van der Waals surface area contributed by atoms with Crippen LogP contribution in [0.5, 0.6) is 0 Å². The molecular formula is C11H18ClN3O2. The quantitative estimate of drug-likeness (QED) is 0.871. The molecule has 1 N–H and O–H groups in total. The SMILES string of the molecule is C1CC(c2nc(C3CCOC3)no2)CCN1.Cl. The molecule has 17 heavy (non-hydrogen) atoms. The Morgan fingerprint density at radius 3 is 2.65 bits per heavy atom. The largest absolute Gasteiger partial charge is 0.381 e. The summed E-state index contributed by atoms with van der Waals surface area (Å²) in [6.07, 6.45) is 3.22. The molecule has 3 heterocycles. The molecular weight excluding hydrogens is 242 g/mol. The molecule has 2 aliphatic heterocycles. The normalized spacial score (nSPS) is 25.8. The highest BCUT2D eigenvalue weighted by Gasteiger charge is 2.26. The third kappa shape index (κ3) is 2.78. The number of nitrogens with one attached hydrogen (secondary N) is 1. The minimum Gasteiger partial charge on any atom is -0.381 e. The fourth-order valence-electron chi connectivity index (χ4n) is 2.39. The van der Waals surface area contributed by atoms with E-state index in [-0.39, 0.29) is 12.4 Å². The predicted molar refractivity (Wildman–Crippen MR) is 64.6 cm³/mol. The third-order valence-corrected chi connectivity index (χ3v) is 3.44. The van der Waals surface area contributed by atoms with E-state index in [1.54, 1.807) is 0 Å². The van der Waals surface area contributed by atoms with E-state index < -0.39 is 0 Å². The van der Waals surface area contributed by atoms with Gasteiger partial charge in [0.15, 0.2) is 5.82 Å². The van der Waals surface area contributed by atoms with Crippen molar-refractivity contribution in [3.05, 3.63) is 11.7 Å². The molecule has 0 spiro atoms. The van der Waals surface area contributed by atoms with Gasteiger partial charge >= 0.3 is 0 Å². The second-order valence-corrected chi connectivity index (χ2v) is 4.58. The summed E-state index contributed by atoms with van der Waals surface area (Å²) in [6, 6.07) is 0. The Morgan fingerprint density at radius 1 is 1.12 bits per heavy atom. The third-order valence-electron chi connectivity index (χ3n) is 3.44. The lowest BCUT2D eigenvalue weighted by atomic mass is 9.98. The fraction of sp³-hybridized carbons (Fsp3) is 0.818. The van der Waals surface area contributed by atoms with E-state index >= 15 is 0 Å². The standard InChI is InChI=1S/C11H17N3O2.ClH/c1-4-12-5-2-8(1)11-13-10(14-16-11)9-3-6-15-7-9;/h8-9,12H,1-7H2;1H. The van der Waals surface area contributed by atoms with Gasteiger partial charge in [-0.25, -0.2) is 0 Å². The zero-order valence-electron chi connectivity index (χ0n) is 9.72. The summed E-state index contributed by atoms with van der Waals surface area (Å²) in [4.78, 5) is 4.53. The summed E-state index contributed by atoms with van der Waals surface area (Å²) < 4.78 is 10.7. The fourth-order valence-corrected chi connectivity index (χ4v) is 2.39. The molecule has 1 atom stereocenters. The second kappa shape index (κ2) is 5.80. The van der Waals surface area contributed by atoms with Gasteiger partial charge in [0.25, 0.3) is 0 Å². The minimum absolute atomic E-state index is 0. The average Bonchev–Trinajstić information content (AvgIpc) is 3.01. The Labute approximate surface area is 107 Å². The van der Waals surface area contributed by atoms with Crippen LogP contribution in [0.4, 0.5) is 0 Å². The number of hydrogen-bond acceptors (Lipinski definition) is 5. The van der Waals surface area contributed by atoms with Gasteiger partial charge in [0.2, 0.25) is 5.89 Å². The molecule has 2 fully saturated rings. The maximum absolute atomic E-state index is 5.37. The van der Waals surface area contributed by atoms with E-state index in [1.165, 1.54) is 0 Å².